The second kappa shape index (κ2) is 8.61. The zero-order valence-electron chi connectivity index (χ0n) is 17.3. The molecule has 0 nitrogen and oxygen atoms in total. The average Bonchev–Trinajstić information content (AvgIpc) is 3.06. The van der Waals surface area contributed by atoms with E-state index in [0.29, 0.717) is 0 Å². The zero-order chi connectivity index (χ0) is 18.9. The molecule has 0 saturated heterocycles. The van der Waals surface area contributed by atoms with Crippen LogP contribution in [-0.2, 0) is 25.8 Å². The van der Waals surface area contributed by atoms with Crippen LogP contribution in [0.1, 0.15) is 40.2 Å². The molecule has 0 aliphatic heterocycles. The fourth-order valence-electron chi connectivity index (χ4n) is 3.70. The van der Waals surface area contributed by atoms with Crippen LogP contribution in [0.5, 0.6) is 0 Å². The van der Waals surface area contributed by atoms with Crippen LogP contribution in [-0.4, -0.2) is 0 Å². The second-order valence-corrected chi connectivity index (χ2v) is 7.76. The van der Waals surface area contributed by atoms with Gasteiger partial charge in [-0.15, -0.1) is 41.0 Å². The van der Waals surface area contributed by atoms with Crippen molar-refractivity contribution >= 4 is 10.8 Å². The molecule has 0 aromatic heterocycles. The zero-order valence-corrected chi connectivity index (χ0v) is 20.9. The normalized spacial score (nSPS) is 15.1. The van der Waals surface area contributed by atoms with E-state index in [4.69, 9.17) is 0 Å². The minimum Gasteiger partial charge on any atom is -0.263 e. The molecular weight excluding hydrogens is 491 g/mol. The third kappa shape index (κ3) is 4.46. The van der Waals surface area contributed by atoms with Gasteiger partial charge in [0, 0.05) is 25.8 Å². The molecule has 1 heteroatoms. The van der Waals surface area contributed by atoms with Crippen molar-refractivity contribution in [1.29, 1.82) is 0 Å². The summed E-state index contributed by atoms with van der Waals surface area (Å²) in [5, 5.41) is 2.69. The molecular formula is C26H28Hf-2. The Labute approximate surface area is 183 Å². The van der Waals surface area contributed by atoms with Gasteiger partial charge in [0.15, 0.2) is 0 Å². The Hall–Kier alpha value is -1.60. The van der Waals surface area contributed by atoms with Crippen LogP contribution < -0.4 is 0 Å². The summed E-state index contributed by atoms with van der Waals surface area (Å²) < 4.78 is 0. The Morgan fingerprint density at radius 3 is 1.93 bits per heavy atom. The van der Waals surface area contributed by atoms with Crippen LogP contribution >= 0.6 is 0 Å². The third-order valence-electron chi connectivity index (χ3n) is 5.72. The Kier molecular flexibility index (Phi) is 6.92. The van der Waals surface area contributed by atoms with Gasteiger partial charge in [0.05, 0.1) is 0 Å². The molecule has 138 valence electrons. The summed E-state index contributed by atoms with van der Waals surface area (Å²) in [5.41, 5.74) is 8.42. The second-order valence-electron chi connectivity index (χ2n) is 7.76. The Morgan fingerprint density at radius 1 is 0.852 bits per heavy atom. The van der Waals surface area contributed by atoms with Crippen molar-refractivity contribution in [3.05, 3.63) is 89.0 Å². The van der Waals surface area contributed by atoms with E-state index >= 15 is 0 Å². The van der Waals surface area contributed by atoms with E-state index in [-0.39, 0.29) is 31.3 Å². The quantitative estimate of drug-likeness (QED) is 0.229. The first-order valence-corrected chi connectivity index (χ1v) is 9.32. The largest absolute Gasteiger partial charge is 0.263 e. The van der Waals surface area contributed by atoms with Gasteiger partial charge in [-0.25, -0.2) is 5.57 Å². The van der Waals surface area contributed by atoms with Gasteiger partial charge >= 0.3 is 0 Å². The molecule has 0 N–H and O–H groups in total. The minimum atomic E-state index is 0. The molecule has 0 amide bonds. The van der Waals surface area contributed by atoms with Gasteiger partial charge in [-0.2, -0.15) is 11.1 Å². The first-order valence-electron chi connectivity index (χ1n) is 9.32. The van der Waals surface area contributed by atoms with Crippen LogP contribution in [0, 0.1) is 18.4 Å². The van der Waals surface area contributed by atoms with Gasteiger partial charge in [0.2, 0.25) is 0 Å². The molecule has 0 spiro atoms. The predicted molar refractivity (Wildman–Crippen MR) is 114 cm³/mol. The molecule has 0 radical (unpaired) electrons. The summed E-state index contributed by atoms with van der Waals surface area (Å²) in [7, 11) is 0. The number of hydrogen-bond acceptors (Lipinski definition) is 0. The van der Waals surface area contributed by atoms with E-state index < -0.39 is 0 Å². The molecule has 27 heavy (non-hydrogen) atoms. The molecule has 3 aromatic carbocycles. The molecule has 0 heterocycles. The summed E-state index contributed by atoms with van der Waals surface area (Å²) in [6.45, 7) is 13.1. The van der Waals surface area contributed by atoms with Crippen molar-refractivity contribution in [2.45, 2.75) is 41.5 Å². The van der Waals surface area contributed by atoms with Crippen molar-refractivity contribution in [2.24, 2.45) is 5.41 Å². The first kappa shape index (κ1) is 21.7. The van der Waals surface area contributed by atoms with Crippen LogP contribution in [0.25, 0.3) is 21.9 Å². The van der Waals surface area contributed by atoms with Crippen molar-refractivity contribution in [2.75, 3.05) is 0 Å². The molecule has 4 rings (SSSR count). The Balaban J connectivity index is 0.000000208. The molecule has 0 atom stereocenters. The molecule has 3 aromatic rings. The maximum atomic E-state index is 3.44. The smallest absolute Gasteiger partial charge is 0 e. The Bertz CT molecular complexity index is 981. The standard InChI is InChI=1S/C16H13.C10H15.Hf/c1-12-15-10-6-5-9-14(15)11-16(12)13-7-3-2-4-8-13;1-7-6-10(4,5)9(3)8(7)2;/h2-11H,1H3;1-5H3;/q2*-1;. The van der Waals surface area contributed by atoms with Crippen LogP contribution in [0.2, 0.25) is 0 Å². The van der Waals surface area contributed by atoms with E-state index in [9.17, 15) is 0 Å². The van der Waals surface area contributed by atoms with Gasteiger partial charge < -0.3 is 0 Å². The number of hydrogen-bond donors (Lipinski definition) is 0. The van der Waals surface area contributed by atoms with Crippen molar-refractivity contribution in [1.82, 2.24) is 0 Å². The SMILES string of the molecule is CC1=[C-]C(C)(C)C(C)=C1C.C[c-]1c(-c2ccccc2)cc2ccccc21.[Hf]. The van der Waals surface area contributed by atoms with Crippen LogP contribution in [0.4, 0.5) is 0 Å². The summed E-state index contributed by atoms with van der Waals surface area (Å²) in [5.74, 6) is 0. The third-order valence-corrected chi connectivity index (χ3v) is 5.72. The van der Waals surface area contributed by atoms with Gasteiger partial charge in [0.1, 0.15) is 0 Å². The fraction of sp³-hybridized carbons (Fsp3) is 0.269. The number of fused-ring (bicyclic) bond motifs is 1. The van der Waals surface area contributed by atoms with Crippen molar-refractivity contribution < 1.29 is 25.8 Å². The fourth-order valence-corrected chi connectivity index (χ4v) is 3.70. The topological polar surface area (TPSA) is 0 Å². The van der Waals surface area contributed by atoms with Crippen molar-refractivity contribution in [3.8, 4) is 11.1 Å². The predicted octanol–water partition coefficient (Wildman–Crippen LogP) is 7.64. The van der Waals surface area contributed by atoms with E-state index in [1.54, 1.807) is 0 Å². The minimum absolute atomic E-state index is 0. The molecule has 0 unspecified atom stereocenters. The summed E-state index contributed by atoms with van der Waals surface area (Å²) in [6.07, 6.45) is 3.44. The van der Waals surface area contributed by atoms with E-state index in [0.717, 1.165) is 0 Å². The monoisotopic (exact) mass is 520 g/mol. The van der Waals surface area contributed by atoms with E-state index in [1.807, 2.05) is 0 Å². The number of rotatable bonds is 1. The number of allylic oxidation sites excluding steroid dienone is 4. The van der Waals surface area contributed by atoms with E-state index in [2.05, 4.69) is 108 Å². The van der Waals surface area contributed by atoms with Gasteiger partial charge in [0.25, 0.3) is 0 Å². The first-order chi connectivity index (χ1) is 12.3. The maximum absolute atomic E-state index is 3.44. The summed E-state index contributed by atoms with van der Waals surface area (Å²) in [6, 6.07) is 21.4. The summed E-state index contributed by atoms with van der Waals surface area (Å²) in [4.78, 5) is 0. The number of aryl methyl sites for hydroxylation is 1. The Morgan fingerprint density at radius 2 is 1.44 bits per heavy atom. The van der Waals surface area contributed by atoms with Crippen LogP contribution in [0.3, 0.4) is 0 Å². The molecule has 1 aliphatic carbocycles. The summed E-state index contributed by atoms with van der Waals surface area (Å²) >= 11 is 0. The van der Waals surface area contributed by atoms with Gasteiger partial charge in [-0.1, -0.05) is 94.1 Å². The molecule has 0 saturated carbocycles. The van der Waals surface area contributed by atoms with Crippen molar-refractivity contribution in [3.63, 3.8) is 0 Å². The average molecular weight is 519 g/mol. The molecule has 0 bridgehead atoms. The van der Waals surface area contributed by atoms with Gasteiger partial charge in [-0.05, 0) is 0 Å². The number of benzene rings is 2. The maximum Gasteiger partial charge on any atom is 0 e. The van der Waals surface area contributed by atoms with Gasteiger partial charge in [-0.3, -0.25) is 6.08 Å². The van der Waals surface area contributed by atoms with Crippen LogP contribution in [0.15, 0.2) is 77.4 Å². The van der Waals surface area contributed by atoms with E-state index in [1.165, 1.54) is 44.2 Å². The molecule has 0 fully saturated rings. The molecule has 1 aliphatic rings.